The monoisotopic (exact) mass is 260 g/mol. The van der Waals surface area contributed by atoms with E-state index in [1.807, 2.05) is 0 Å². The van der Waals surface area contributed by atoms with Gasteiger partial charge in [-0.2, -0.15) is 0 Å². The number of ether oxygens (including phenoxy) is 1. The maximum atomic E-state index is 6.16. The fraction of sp³-hybridized carbons (Fsp3) is 0.625. The zero-order valence-electron chi connectivity index (χ0n) is 12.0. The molecule has 0 amide bonds. The van der Waals surface area contributed by atoms with E-state index in [0.717, 1.165) is 44.8 Å². The number of nitrogens with zero attached hydrogens (tertiary/aromatic N) is 1. The largest absolute Gasteiger partial charge is 0.489 e. The van der Waals surface area contributed by atoms with Crippen molar-refractivity contribution >= 4 is 0 Å². The second kappa shape index (κ2) is 5.51. The third-order valence-corrected chi connectivity index (χ3v) is 4.27. The van der Waals surface area contributed by atoms with E-state index in [0.29, 0.717) is 12.1 Å². The molecule has 3 rings (SSSR count). The van der Waals surface area contributed by atoms with Crippen LogP contribution >= 0.6 is 0 Å². The zero-order valence-corrected chi connectivity index (χ0v) is 12.0. The van der Waals surface area contributed by atoms with Gasteiger partial charge in [0.1, 0.15) is 11.9 Å². The lowest BCUT2D eigenvalue weighted by atomic mass is 10.0. The summed E-state index contributed by atoms with van der Waals surface area (Å²) in [5, 5.41) is 3.40. The molecule has 1 unspecified atom stereocenters. The molecule has 1 atom stereocenters. The maximum Gasteiger partial charge on any atom is 0.120 e. The highest BCUT2D eigenvalue weighted by Crippen LogP contribution is 2.24. The van der Waals surface area contributed by atoms with Crippen LogP contribution in [0.15, 0.2) is 18.2 Å². The maximum absolute atomic E-state index is 6.16. The molecule has 3 heteroatoms. The van der Waals surface area contributed by atoms with Gasteiger partial charge < -0.3 is 10.1 Å². The highest BCUT2D eigenvalue weighted by Gasteiger charge is 2.25. The Hall–Kier alpha value is -1.06. The molecule has 19 heavy (non-hydrogen) atoms. The van der Waals surface area contributed by atoms with Crippen LogP contribution in [0, 0.1) is 0 Å². The molecule has 1 saturated heterocycles. The van der Waals surface area contributed by atoms with Crippen LogP contribution in [-0.4, -0.2) is 36.7 Å². The summed E-state index contributed by atoms with van der Waals surface area (Å²) in [4.78, 5) is 2.49. The van der Waals surface area contributed by atoms with Crippen LogP contribution < -0.4 is 10.1 Å². The minimum atomic E-state index is 0.363. The number of nitrogens with one attached hydrogen (secondary N) is 1. The normalized spacial score (nSPS) is 23.6. The van der Waals surface area contributed by atoms with Gasteiger partial charge in [-0.05, 0) is 56.5 Å². The SMILES string of the molecule is CC(C)N1CCC(Oc2ccc3c(c2)CCNC3)C1. The number of benzene rings is 1. The standard InChI is InChI=1S/C16H24N2O/c1-12(2)18-8-6-16(11-18)19-15-4-3-14-10-17-7-5-13(14)9-15/h3-4,9,12,16-17H,5-8,10-11H2,1-2H3. The number of likely N-dealkylation sites (tertiary alicyclic amines) is 1. The van der Waals surface area contributed by atoms with Crippen LogP contribution in [0.3, 0.4) is 0 Å². The van der Waals surface area contributed by atoms with Gasteiger partial charge in [-0.1, -0.05) is 6.07 Å². The van der Waals surface area contributed by atoms with Crippen molar-refractivity contribution < 1.29 is 4.74 Å². The van der Waals surface area contributed by atoms with Gasteiger partial charge >= 0.3 is 0 Å². The zero-order chi connectivity index (χ0) is 13.2. The Morgan fingerprint density at radius 1 is 1.32 bits per heavy atom. The summed E-state index contributed by atoms with van der Waals surface area (Å²) in [6.07, 6.45) is 2.63. The highest BCUT2D eigenvalue weighted by molar-refractivity contribution is 5.37. The van der Waals surface area contributed by atoms with Crippen LogP contribution in [0.4, 0.5) is 0 Å². The van der Waals surface area contributed by atoms with Crippen LogP contribution in [0.5, 0.6) is 5.75 Å². The molecule has 0 spiro atoms. The van der Waals surface area contributed by atoms with Crippen LogP contribution in [0.25, 0.3) is 0 Å². The van der Waals surface area contributed by atoms with Gasteiger partial charge in [0.25, 0.3) is 0 Å². The Morgan fingerprint density at radius 2 is 2.21 bits per heavy atom. The summed E-state index contributed by atoms with van der Waals surface area (Å²) >= 11 is 0. The summed E-state index contributed by atoms with van der Waals surface area (Å²) in [5.74, 6) is 1.05. The van der Waals surface area contributed by atoms with Gasteiger partial charge in [0, 0.05) is 25.7 Å². The summed E-state index contributed by atoms with van der Waals surface area (Å²) in [6.45, 7) is 8.83. The fourth-order valence-electron chi connectivity index (χ4n) is 3.04. The Labute approximate surface area is 115 Å². The molecule has 1 fully saturated rings. The molecule has 0 aromatic heterocycles. The summed E-state index contributed by atoms with van der Waals surface area (Å²) in [7, 11) is 0. The predicted octanol–water partition coefficient (Wildman–Crippen LogP) is 2.19. The lowest BCUT2D eigenvalue weighted by Gasteiger charge is -2.21. The number of rotatable bonds is 3. The summed E-state index contributed by atoms with van der Waals surface area (Å²) in [5.41, 5.74) is 2.88. The first kappa shape index (κ1) is 12.9. The Morgan fingerprint density at radius 3 is 3.00 bits per heavy atom. The Kier molecular flexibility index (Phi) is 3.76. The molecular weight excluding hydrogens is 236 g/mol. The minimum absolute atomic E-state index is 0.363. The topological polar surface area (TPSA) is 24.5 Å². The van der Waals surface area contributed by atoms with Crippen molar-refractivity contribution in [1.82, 2.24) is 10.2 Å². The van der Waals surface area contributed by atoms with E-state index in [-0.39, 0.29) is 0 Å². The third-order valence-electron chi connectivity index (χ3n) is 4.27. The first-order valence-electron chi connectivity index (χ1n) is 7.45. The van der Waals surface area contributed by atoms with Crippen molar-refractivity contribution in [1.29, 1.82) is 0 Å². The van der Waals surface area contributed by atoms with Crippen LogP contribution in [0.1, 0.15) is 31.4 Å². The second-order valence-corrected chi connectivity index (χ2v) is 5.97. The van der Waals surface area contributed by atoms with Crippen molar-refractivity contribution in [2.75, 3.05) is 19.6 Å². The van der Waals surface area contributed by atoms with Crippen molar-refractivity contribution in [3.8, 4) is 5.75 Å². The predicted molar refractivity (Wildman–Crippen MR) is 77.6 cm³/mol. The van der Waals surface area contributed by atoms with Gasteiger partial charge in [0.15, 0.2) is 0 Å². The van der Waals surface area contributed by atoms with Gasteiger partial charge in [-0.3, -0.25) is 4.90 Å². The quantitative estimate of drug-likeness (QED) is 0.901. The van der Waals surface area contributed by atoms with E-state index in [1.165, 1.54) is 11.1 Å². The van der Waals surface area contributed by atoms with Crippen molar-refractivity contribution in [3.05, 3.63) is 29.3 Å². The molecule has 1 N–H and O–H groups in total. The molecule has 1 aromatic carbocycles. The minimum Gasteiger partial charge on any atom is -0.489 e. The van der Waals surface area contributed by atoms with E-state index in [4.69, 9.17) is 4.74 Å². The number of hydrogen-bond acceptors (Lipinski definition) is 3. The lowest BCUT2D eigenvalue weighted by Crippen LogP contribution is -2.30. The fourth-order valence-corrected chi connectivity index (χ4v) is 3.04. The molecule has 104 valence electrons. The highest BCUT2D eigenvalue weighted by atomic mass is 16.5. The summed E-state index contributed by atoms with van der Waals surface area (Å²) < 4.78 is 6.16. The number of hydrogen-bond donors (Lipinski definition) is 1. The van der Waals surface area contributed by atoms with E-state index in [2.05, 4.69) is 42.3 Å². The van der Waals surface area contributed by atoms with Crippen molar-refractivity contribution in [2.45, 2.75) is 45.4 Å². The molecule has 2 aliphatic heterocycles. The smallest absolute Gasteiger partial charge is 0.120 e. The second-order valence-electron chi connectivity index (χ2n) is 5.97. The molecule has 0 aliphatic carbocycles. The van der Waals surface area contributed by atoms with Gasteiger partial charge in [-0.25, -0.2) is 0 Å². The Balaban J connectivity index is 1.64. The molecule has 0 saturated carbocycles. The molecule has 0 bridgehead atoms. The average molecular weight is 260 g/mol. The molecule has 2 aliphatic rings. The third kappa shape index (κ3) is 2.93. The van der Waals surface area contributed by atoms with E-state index < -0.39 is 0 Å². The molecule has 0 radical (unpaired) electrons. The first-order chi connectivity index (χ1) is 9.22. The van der Waals surface area contributed by atoms with E-state index in [1.54, 1.807) is 0 Å². The van der Waals surface area contributed by atoms with E-state index >= 15 is 0 Å². The summed E-state index contributed by atoms with van der Waals surface area (Å²) in [6, 6.07) is 7.22. The average Bonchev–Trinajstić information content (AvgIpc) is 2.87. The van der Waals surface area contributed by atoms with Crippen LogP contribution in [-0.2, 0) is 13.0 Å². The van der Waals surface area contributed by atoms with Crippen LogP contribution in [0.2, 0.25) is 0 Å². The van der Waals surface area contributed by atoms with Crippen molar-refractivity contribution in [2.24, 2.45) is 0 Å². The lowest BCUT2D eigenvalue weighted by molar-refractivity contribution is 0.187. The van der Waals surface area contributed by atoms with Gasteiger partial charge in [0.2, 0.25) is 0 Å². The Bertz CT molecular complexity index is 444. The molecular formula is C16H24N2O. The molecule has 3 nitrogen and oxygen atoms in total. The van der Waals surface area contributed by atoms with Gasteiger partial charge in [-0.15, -0.1) is 0 Å². The number of fused-ring (bicyclic) bond motifs is 1. The van der Waals surface area contributed by atoms with E-state index in [9.17, 15) is 0 Å². The van der Waals surface area contributed by atoms with Crippen molar-refractivity contribution in [3.63, 3.8) is 0 Å². The molecule has 2 heterocycles. The first-order valence-corrected chi connectivity index (χ1v) is 7.45. The molecule has 1 aromatic rings. The van der Waals surface area contributed by atoms with Gasteiger partial charge in [0.05, 0.1) is 0 Å².